The number of amides is 1. The number of nitrogens with zero attached hydrogens (tertiary/aromatic N) is 2. The van der Waals surface area contributed by atoms with E-state index in [2.05, 4.69) is 20.4 Å². The van der Waals surface area contributed by atoms with E-state index in [0.717, 1.165) is 43.7 Å². The van der Waals surface area contributed by atoms with Crippen LogP contribution in [0.4, 0.5) is 0 Å². The summed E-state index contributed by atoms with van der Waals surface area (Å²) in [5.74, 6) is 1.55. The van der Waals surface area contributed by atoms with Crippen molar-refractivity contribution in [2.45, 2.75) is 31.2 Å². The first-order chi connectivity index (χ1) is 12.3. The second kappa shape index (κ2) is 7.27. The number of hydrogen-bond acceptors (Lipinski definition) is 4. The molecular formula is C19H24N4O2. The number of fused-ring (bicyclic) bond motifs is 1. The second-order valence-electron chi connectivity index (χ2n) is 6.88. The van der Waals surface area contributed by atoms with Crippen molar-refractivity contribution in [2.24, 2.45) is 0 Å². The summed E-state index contributed by atoms with van der Waals surface area (Å²) in [6, 6.07) is 8.02. The summed E-state index contributed by atoms with van der Waals surface area (Å²) in [5, 5.41) is 10.1. The Morgan fingerprint density at radius 2 is 2.12 bits per heavy atom. The Balaban J connectivity index is 1.29. The molecule has 0 radical (unpaired) electrons. The molecule has 0 saturated carbocycles. The summed E-state index contributed by atoms with van der Waals surface area (Å²) in [7, 11) is 0. The minimum absolute atomic E-state index is 0.0564. The van der Waals surface area contributed by atoms with Crippen LogP contribution in [0.3, 0.4) is 0 Å². The molecule has 6 heteroatoms. The Morgan fingerprint density at radius 1 is 1.28 bits per heavy atom. The van der Waals surface area contributed by atoms with E-state index in [1.807, 2.05) is 36.7 Å². The number of aromatic nitrogens is 2. The number of likely N-dealkylation sites (tertiary alicyclic amines) is 1. The smallest absolute Gasteiger partial charge is 0.234 e. The van der Waals surface area contributed by atoms with Gasteiger partial charge in [0.2, 0.25) is 5.91 Å². The van der Waals surface area contributed by atoms with Gasteiger partial charge in [0.1, 0.15) is 5.75 Å². The third kappa shape index (κ3) is 3.69. The Labute approximate surface area is 147 Å². The van der Waals surface area contributed by atoms with Crippen molar-refractivity contribution in [3.63, 3.8) is 0 Å². The van der Waals surface area contributed by atoms with Gasteiger partial charge in [-0.25, -0.2) is 0 Å². The molecule has 1 fully saturated rings. The maximum atomic E-state index is 12.5. The lowest BCUT2D eigenvalue weighted by molar-refractivity contribution is -0.123. The molecule has 6 nitrogen and oxygen atoms in total. The van der Waals surface area contributed by atoms with E-state index in [1.165, 1.54) is 5.56 Å². The highest BCUT2D eigenvalue weighted by atomic mass is 16.5. The van der Waals surface area contributed by atoms with E-state index in [0.29, 0.717) is 19.1 Å². The maximum absolute atomic E-state index is 12.5. The number of aromatic amines is 1. The third-order valence-electron chi connectivity index (χ3n) is 5.24. The van der Waals surface area contributed by atoms with Gasteiger partial charge in [-0.2, -0.15) is 5.10 Å². The van der Waals surface area contributed by atoms with Gasteiger partial charge in [0.25, 0.3) is 0 Å². The van der Waals surface area contributed by atoms with Crippen LogP contribution in [0.15, 0.2) is 36.7 Å². The fourth-order valence-electron chi connectivity index (χ4n) is 3.84. The molecule has 2 aliphatic rings. The zero-order valence-electron chi connectivity index (χ0n) is 14.3. The summed E-state index contributed by atoms with van der Waals surface area (Å²) in [4.78, 5) is 14.7. The van der Waals surface area contributed by atoms with Crippen LogP contribution in [0.25, 0.3) is 0 Å². The minimum Gasteiger partial charge on any atom is -0.493 e. The molecule has 2 aliphatic heterocycles. The number of rotatable bonds is 4. The lowest BCUT2D eigenvalue weighted by Crippen LogP contribution is -2.42. The monoisotopic (exact) mass is 340 g/mol. The molecule has 2 aromatic rings. The Bertz CT molecular complexity index is 708. The van der Waals surface area contributed by atoms with Crippen molar-refractivity contribution in [1.29, 1.82) is 0 Å². The lowest BCUT2D eigenvalue weighted by Gasteiger charge is -2.32. The standard InChI is InChI=1S/C19H24N4O2/c24-19(22-17-7-10-25-18-4-2-1-3-16(17)18)13-23-8-5-14(6-9-23)15-11-20-21-12-15/h1-4,11-12,14,17H,5-10,13H2,(H,20,21)(H,22,24)/t17-/m1/s1. The van der Waals surface area contributed by atoms with E-state index in [-0.39, 0.29) is 11.9 Å². The number of piperidine rings is 1. The van der Waals surface area contributed by atoms with Crippen LogP contribution in [0, 0.1) is 0 Å². The first kappa shape index (κ1) is 16.1. The van der Waals surface area contributed by atoms with Crippen molar-refractivity contribution in [3.05, 3.63) is 47.8 Å². The molecule has 0 aliphatic carbocycles. The SMILES string of the molecule is O=C(CN1CCC(c2cn[nH]c2)CC1)N[C@@H]1CCOc2ccccc21. The second-order valence-corrected chi connectivity index (χ2v) is 6.88. The maximum Gasteiger partial charge on any atom is 0.234 e. The predicted molar refractivity (Wildman–Crippen MR) is 94.4 cm³/mol. The quantitative estimate of drug-likeness (QED) is 0.895. The Kier molecular flexibility index (Phi) is 4.70. The molecule has 0 unspecified atom stereocenters. The van der Waals surface area contributed by atoms with Crippen molar-refractivity contribution < 1.29 is 9.53 Å². The number of H-pyrrole nitrogens is 1. The molecule has 3 heterocycles. The van der Waals surface area contributed by atoms with E-state index >= 15 is 0 Å². The van der Waals surface area contributed by atoms with Crippen LogP contribution in [0.2, 0.25) is 0 Å². The van der Waals surface area contributed by atoms with Crippen LogP contribution in [-0.2, 0) is 4.79 Å². The Morgan fingerprint density at radius 3 is 2.92 bits per heavy atom. The molecule has 2 N–H and O–H groups in total. The summed E-state index contributed by atoms with van der Waals surface area (Å²) >= 11 is 0. The zero-order chi connectivity index (χ0) is 17.1. The average Bonchev–Trinajstić information content (AvgIpc) is 3.17. The van der Waals surface area contributed by atoms with Crippen molar-refractivity contribution >= 4 is 5.91 Å². The average molecular weight is 340 g/mol. The normalized spacial score (nSPS) is 21.4. The van der Waals surface area contributed by atoms with Crippen LogP contribution < -0.4 is 10.1 Å². The van der Waals surface area contributed by atoms with Gasteiger partial charge in [0.15, 0.2) is 0 Å². The van der Waals surface area contributed by atoms with Gasteiger partial charge >= 0.3 is 0 Å². The predicted octanol–water partition coefficient (Wildman–Crippen LogP) is 2.23. The zero-order valence-corrected chi connectivity index (χ0v) is 14.3. The highest BCUT2D eigenvalue weighted by Gasteiger charge is 2.25. The molecule has 1 amide bonds. The summed E-state index contributed by atoms with van der Waals surface area (Å²) < 4.78 is 5.66. The van der Waals surface area contributed by atoms with Crippen LogP contribution in [-0.4, -0.2) is 47.2 Å². The van der Waals surface area contributed by atoms with Crippen LogP contribution >= 0.6 is 0 Å². The number of nitrogens with one attached hydrogen (secondary N) is 2. The van der Waals surface area contributed by atoms with E-state index in [9.17, 15) is 4.79 Å². The van der Waals surface area contributed by atoms with E-state index < -0.39 is 0 Å². The molecule has 0 bridgehead atoms. The van der Waals surface area contributed by atoms with Crippen LogP contribution in [0.5, 0.6) is 5.75 Å². The van der Waals surface area contributed by atoms with Gasteiger partial charge in [-0.1, -0.05) is 18.2 Å². The number of ether oxygens (including phenoxy) is 1. The van der Waals surface area contributed by atoms with Gasteiger partial charge in [-0.15, -0.1) is 0 Å². The third-order valence-corrected chi connectivity index (χ3v) is 5.24. The highest BCUT2D eigenvalue weighted by molar-refractivity contribution is 5.78. The number of carbonyl (C=O) groups excluding carboxylic acids is 1. The van der Waals surface area contributed by atoms with Gasteiger partial charge in [0.05, 0.1) is 25.4 Å². The minimum atomic E-state index is 0.0564. The molecule has 132 valence electrons. The highest BCUT2D eigenvalue weighted by Crippen LogP contribution is 2.31. The van der Waals surface area contributed by atoms with Gasteiger partial charge < -0.3 is 10.1 Å². The molecule has 0 spiro atoms. The summed E-state index contributed by atoms with van der Waals surface area (Å²) in [6.07, 6.45) is 6.87. The van der Waals surface area contributed by atoms with Crippen molar-refractivity contribution in [1.82, 2.24) is 20.4 Å². The molecule has 1 saturated heterocycles. The largest absolute Gasteiger partial charge is 0.493 e. The molecule has 1 atom stereocenters. The number of para-hydroxylation sites is 1. The number of benzene rings is 1. The van der Waals surface area contributed by atoms with Crippen LogP contribution in [0.1, 0.15) is 42.3 Å². The van der Waals surface area contributed by atoms with Gasteiger partial charge in [-0.3, -0.25) is 14.8 Å². The topological polar surface area (TPSA) is 70.2 Å². The van der Waals surface area contributed by atoms with E-state index in [4.69, 9.17) is 4.74 Å². The molecular weight excluding hydrogens is 316 g/mol. The van der Waals surface area contributed by atoms with E-state index in [1.54, 1.807) is 0 Å². The van der Waals surface area contributed by atoms with Crippen molar-refractivity contribution in [3.8, 4) is 5.75 Å². The molecule has 1 aromatic heterocycles. The van der Waals surface area contributed by atoms with Gasteiger partial charge in [0, 0.05) is 18.2 Å². The number of carbonyl (C=O) groups is 1. The summed E-state index contributed by atoms with van der Waals surface area (Å²) in [6.45, 7) is 3.02. The summed E-state index contributed by atoms with van der Waals surface area (Å²) in [5.41, 5.74) is 2.36. The number of hydrogen-bond donors (Lipinski definition) is 2. The molecule has 25 heavy (non-hydrogen) atoms. The first-order valence-corrected chi connectivity index (χ1v) is 9.02. The van der Waals surface area contributed by atoms with Gasteiger partial charge in [-0.05, 0) is 43.5 Å². The van der Waals surface area contributed by atoms with Crippen molar-refractivity contribution in [2.75, 3.05) is 26.2 Å². The first-order valence-electron chi connectivity index (χ1n) is 9.02. The lowest BCUT2D eigenvalue weighted by atomic mass is 9.91. The fraction of sp³-hybridized carbons (Fsp3) is 0.474. The fourth-order valence-corrected chi connectivity index (χ4v) is 3.84. The Hall–Kier alpha value is -2.34. The molecule has 4 rings (SSSR count). The molecule has 1 aromatic carbocycles.